The van der Waals surface area contributed by atoms with E-state index < -0.39 is 6.04 Å². The van der Waals surface area contributed by atoms with Gasteiger partial charge in [0, 0.05) is 37.9 Å². The van der Waals surface area contributed by atoms with E-state index in [9.17, 15) is 4.79 Å². The van der Waals surface area contributed by atoms with Crippen LogP contribution in [0, 0.1) is 6.92 Å². The number of hydrogen-bond acceptors (Lipinski definition) is 4. The van der Waals surface area contributed by atoms with Crippen molar-refractivity contribution in [2.45, 2.75) is 25.8 Å². The molecule has 5 heteroatoms. The molecule has 144 valence electrons. The van der Waals surface area contributed by atoms with Crippen molar-refractivity contribution in [1.82, 2.24) is 14.9 Å². The Morgan fingerprint density at radius 3 is 1.89 bits per heavy atom. The van der Waals surface area contributed by atoms with Crippen molar-refractivity contribution < 1.29 is 4.79 Å². The van der Waals surface area contributed by atoms with Gasteiger partial charge in [-0.25, -0.2) is 0 Å². The van der Waals surface area contributed by atoms with Crippen molar-refractivity contribution in [3.05, 3.63) is 95.6 Å². The van der Waals surface area contributed by atoms with Crippen LogP contribution in [0.5, 0.6) is 0 Å². The number of benzene rings is 1. The van der Waals surface area contributed by atoms with Crippen molar-refractivity contribution in [2.75, 3.05) is 13.1 Å². The van der Waals surface area contributed by atoms with Gasteiger partial charge < -0.3 is 5.73 Å². The first kappa shape index (κ1) is 19.7. The van der Waals surface area contributed by atoms with Crippen LogP contribution in [-0.4, -0.2) is 33.9 Å². The Kier molecular flexibility index (Phi) is 6.87. The number of primary amides is 1. The Balaban J connectivity index is 1.81. The fourth-order valence-corrected chi connectivity index (χ4v) is 3.31. The topological polar surface area (TPSA) is 72.1 Å². The van der Waals surface area contributed by atoms with E-state index in [-0.39, 0.29) is 5.91 Å². The lowest BCUT2D eigenvalue weighted by molar-refractivity contribution is -0.123. The number of pyridine rings is 2. The van der Waals surface area contributed by atoms with Gasteiger partial charge in [-0.3, -0.25) is 19.7 Å². The lowest BCUT2D eigenvalue weighted by Crippen LogP contribution is -2.40. The minimum absolute atomic E-state index is 0.332. The van der Waals surface area contributed by atoms with Crippen LogP contribution in [0.4, 0.5) is 0 Å². The highest BCUT2D eigenvalue weighted by Crippen LogP contribution is 2.22. The summed E-state index contributed by atoms with van der Waals surface area (Å²) in [6.45, 7) is 3.46. The fraction of sp³-hybridized carbons (Fsp3) is 0.261. The zero-order chi connectivity index (χ0) is 19.8. The van der Waals surface area contributed by atoms with Gasteiger partial charge in [0.25, 0.3) is 0 Å². The van der Waals surface area contributed by atoms with Crippen molar-refractivity contribution in [2.24, 2.45) is 5.73 Å². The molecule has 0 fully saturated rings. The third kappa shape index (κ3) is 5.47. The van der Waals surface area contributed by atoms with E-state index in [0.717, 1.165) is 35.1 Å². The molecule has 0 saturated carbocycles. The molecule has 28 heavy (non-hydrogen) atoms. The Hall–Kier alpha value is -3.05. The molecular weight excluding hydrogens is 348 g/mol. The Bertz CT molecular complexity index is 823. The Labute approximate surface area is 166 Å². The van der Waals surface area contributed by atoms with Gasteiger partial charge in [0.05, 0.1) is 0 Å². The molecule has 2 heterocycles. The van der Waals surface area contributed by atoms with Crippen molar-refractivity contribution in [1.29, 1.82) is 0 Å². The summed E-state index contributed by atoms with van der Waals surface area (Å²) in [5.74, 6) is -0.332. The van der Waals surface area contributed by atoms with Crippen LogP contribution in [-0.2, 0) is 17.6 Å². The third-order valence-electron chi connectivity index (χ3n) is 4.85. The van der Waals surface area contributed by atoms with E-state index in [2.05, 4.69) is 27.0 Å². The van der Waals surface area contributed by atoms with E-state index in [4.69, 9.17) is 5.73 Å². The molecule has 5 nitrogen and oxygen atoms in total. The third-order valence-corrected chi connectivity index (χ3v) is 4.85. The standard InChI is InChI=1S/C23H26N4O/c1-18-6-8-21(9-7-18)22(23(24)28)27(14-10-19-4-2-12-25-16-19)15-11-20-5-3-13-26-17-20/h2-9,12-13,16-17,22H,10-11,14-15H2,1H3,(H2,24,28). The van der Waals surface area contributed by atoms with Gasteiger partial charge in [-0.15, -0.1) is 0 Å². The van der Waals surface area contributed by atoms with E-state index in [0.29, 0.717) is 13.1 Å². The SMILES string of the molecule is Cc1ccc(C(C(N)=O)N(CCc2cccnc2)CCc2cccnc2)cc1. The van der Waals surface area contributed by atoms with Crippen LogP contribution in [0.15, 0.2) is 73.3 Å². The molecule has 2 N–H and O–H groups in total. The number of rotatable bonds is 9. The molecule has 0 aliphatic carbocycles. The molecule has 0 bridgehead atoms. The maximum atomic E-state index is 12.4. The summed E-state index contributed by atoms with van der Waals surface area (Å²) in [4.78, 5) is 22.9. The first-order valence-electron chi connectivity index (χ1n) is 9.51. The number of aromatic nitrogens is 2. The second kappa shape index (κ2) is 9.76. The maximum absolute atomic E-state index is 12.4. The normalized spacial score (nSPS) is 12.1. The van der Waals surface area contributed by atoms with Gasteiger partial charge >= 0.3 is 0 Å². The number of carbonyl (C=O) groups is 1. The van der Waals surface area contributed by atoms with Crippen molar-refractivity contribution >= 4 is 5.91 Å². The number of nitrogens with zero attached hydrogens (tertiary/aromatic N) is 3. The predicted octanol–water partition coefficient (Wildman–Crippen LogP) is 3.10. The molecule has 0 saturated heterocycles. The zero-order valence-electron chi connectivity index (χ0n) is 16.2. The van der Waals surface area contributed by atoms with E-state index in [1.807, 2.05) is 55.7 Å². The number of hydrogen-bond donors (Lipinski definition) is 1. The highest BCUT2D eigenvalue weighted by molar-refractivity contribution is 5.81. The molecule has 0 aliphatic rings. The van der Waals surface area contributed by atoms with E-state index >= 15 is 0 Å². The fourth-order valence-electron chi connectivity index (χ4n) is 3.31. The van der Waals surface area contributed by atoms with Crippen molar-refractivity contribution in [3.8, 4) is 0 Å². The molecular formula is C23H26N4O. The highest BCUT2D eigenvalue weighted by Gasteiger charge is 2.25. The van der Waals surface area contributed by atoms with Crippen molar-refractivity contribution in [3.63, 3.8) is 0 Å². The van der Waals surface area contributed by atoms with Gasteiger partial charge in [-0.05, 0) is 48.6 Å². The summed E-state index contributed by atoms with van der Waals surface area (Å²) in [6, 6.07) is 15.5. The van der Waals surface area contributed by atoms with E-state index in [1.165, 1.54) is 0 Å². The zero-order valence-corrected chi connectivity index (χ0v) is 16.2. The summed E-state index contributed by atoms with van der Waals surface area (Å²) >= 11 is 0. The number of carbonyl (C=O) groups excluding carboxylic acids is 1. The van der Waals surface area contributed by atoms with E-state index in [1.54, 1.807) is 12.4 Å². The van der Waals surface area contributed by atoms with Crippen LogP contribution in [0.25, 0.3) is 0 Å². The van der Waals surface area contributed by atoms with Crippen LogP contribution >= 0.6 is 0 Å². The summed E-state index contributed by atoms with van der Waals surface area (Å²) in [6.07, 6.45) is 8.87. The second-order valence-electron chi connectivity index (χ2n) is 6.97. The summed E-state index contributed by atoms with van der Waals surface area (Å²) in [5.41, 5.74) is 10.2. The maximum Gasteiger partial charge on any atom is 0.239 e. The minimum Gasteiger partial charge on any atom is -0.368 e. The first-order valence-corrected chi connectivity index (χ1v) is 9.51. The van der Waals surface area contributed by atoms with Crippen LogP contribution in [0.1, 0.15) is 28.3 Å². The predicted molar refractivity (Wildman–Crippen MR) is 111 cm³/mol. The van der Waals surface area contributed by atoms with Gasteiger partial charge in [0.1, 0.15) is 6.04 Å². The number of aryl methyl sites for hydroxylation is 1. The molecule has 2 aromatic heterocycles. The molecule has 0 spiro atoms. The van der Waals surface area contributed by atoms with Gasteiger partial charge in [0.15, 0.2) is 0 Å². The lowest BCUT2D eigenvalue weighted by Gasteiger charge is -2.30. The van der Waals surface area contributed by atoms with Crippen LogP contribution in [0.3, 0.4) is 0 Å². The monoisotopic (exact) mass is 374 g/mol. The molecule has 0 aliphatic heterocycles. The number of amides is 1. The molecule has 0 radical (unpaired) electrons. The second-order valence-corrected chi connectivity index (χ2v) is 6.97. The Morgan fingerprint density at radius 1 is 0.929 bits per heavy atom. The summed E-state index contributed by atoms with van der Waals surface area (Å²) < 4.78 is 0. The van der Waals surface area contributed by atoms with Crippen LogP contribution < -0.4 is 5.73 Å². The Morgan fingerprint density at radius 2 is 1.46 bits per heavy atom. The first-order chi connectivity index (χ1) is 13.6. The largest absolute Gasteiger partial charge is 0.368 e. The average molecular weight is 374 g/mol. The summed E-state index contributed by atoms with van der Waals surface area (Å²) in [5, 5.41) is 0. The molecule has 3 aromatic rings. The molecule has 3 rings (SSSR count). The number of nitrogens with two attached hydrogens (primary N) is 1. The average Bonchev–Trinajstić information content (AvgIpc) is 2.72. The van der Waals surface area contributed by atoms with Gasteiger partial charge in [0.2, 0.25) is 5.91 Å². The lowest BCUT2D eigenvalue weighted by atomic mass is 10.0. The molecule has 1 amide bonds. The van der Waals surface area contributed by atoms with Gasteiger partial charge in [-0.1, -0.05) is 42.0 Å². The minimum atomic E-state index is -0.464. The molecule has 1 atom stereocenters. The van der Waals surface area contributed by atoms with Gasteiger partial charge in [-0.2, -0.15) is 0 Å². The quantitative estimate of drug-likeness (QED) is 0.625. The molecule has 1 unspecified atom stereocenters. The van der Waals surface area contributed by atoms with Crippen LogP contribution in [0.2, 0.25) is 0 Å². The highest BCUT2D eigenvalue weighted by atomic mass is 16.1. The molecule has 1 aromatic carbocycles. The summed E-state index contributed by atoms with van der Waals surface area (Å²) in [7, 11) is 0. The smallest absolute Gasteiger partial charge is 0.239 e.